The van der Waals surface area contributed by atoms with Crippen LogP contribution in [0.2, 0.25) is 5.02 Å². The van der Waals surface area contributed by atoms with E-state index in [9.17, 15) is 14.5 Å². The van der Waals surface area contributed by atoms with E-state index < -0.39 is 10.7 Å². The number of rotatable bonds is 5. The molecule has 3 N–H and O–H groups in total. The fraction of sp³-hybridized carbons (Fsp3) is 0.400. The lowest BCUT2D eigenvalue weighted by atomic mass is 10.2. The second-order valence-corrected chi connectivity index (χ2v) is 3.93. The highest BCUT2D eigenvalue weighted by atomic mass is 35.5. The summed E-state index contributed by atoms with van der Waals surface area (Å²) in [6.07, 6.45) is 0.697. The van der Waals surface area contributed by atoms with Crippen LogP contribution in [-0.4, -0.2) is 17.5 Å². The third-order valence-electron chi connectivity index (χ3n) is 2.37. The summed E-state index contributed by atoms with van der Waals surface area (Å²) in [5.41, 5.74) is 5.32. The zero-order chi connectivity index (χ0) is 13.0. The van der Waals surface area contributed by atoms with Crippen molar-refractivity contribution < 1.29 is 9.31 Å². The maximum atomic E-state index is 13.1. The van der Waals surface area contributed by atoms with Gasteiger partial charge in [0.2, 0.25) is 0 Å². The Morgan fingerprint density at radius 3 is 2.76 bits per heavy atom. The third-order valence-corrected chi connectivity index (χ3v) is 2.66. The lowest BCUT2D eigenvalue weighted by molar-refractivity contribution is -0.384. The highest BCUT2D eigenvalue weighted by molar-refractivity contribution is 6.31. The molecule has 0 aliphatic carbocycles. The smallest absolute Gasteiger partial charge is 0.295 e. The Bertz CT molecular complexity index is 424. The largest absolute Gasteiger partial charge is 0.375 e. The zero-order valence-electron chi connectivity index (χ0n) is 9.24. The van der Waals surface area contributed by atoms with E-state index in [2.05, 4.69) is 5.32 Å². The van der Waals surface area contributed by atoms with Crippen molar-refractivity contribution in [1.29, 1.82) is 0 Å². The van der Waals surface area contributed by atoms with Gasteiger partial charge in [0.25, 0.3) is 5.69 Å². The Hall–Kier alpha value is -1.40. The van der Waals surface area contributed by atoms with E-state index in [1.165, 1.54) is 6.07 Å². The summed E-state index contributed by atoms with van der Waals surface area (Å²) in [5.74, 6) is -0.815. The summed E-state index contributed by atoms with van der Waals surface area (Å²) in [7, 11) is 0. The molecule has 1 aromatic carbocycles. The second-order valence-electron chi connectivity index (χ2n) is 3.53. The zero-order valence-corrected chi connectivity index (χ0v) is 10.00. The maximum absolute atomic E-state index is 13.1. The minimum atomic E-state index is -0.815. The standard InChI is InChI=1S/C10H13ClFN3O2/c1-2-6(5-13)14-9-3-7(11)8(12)4-10(9)15(16)17/h3-4,6,14H,2,5,13H2,1H3. The third kappa shape index (κ3) is 3.28. The molecule has 1 rings (SSSR count). The van der Waals surface area contributed by atoms with Crippen molar-refractivity contribution in [3.8, 4) is 0 Å². The van der Waals surface area contributed by atoms with Gasteiger partial charge in [0.15, 0.2) is 0 Å². The van der Waals surface area contributed by atoms with Crippen LogP contribution in [0.25, 0.3) is 0 Å². The number of halogens is 2. The number of anilines is 1. The number of hydrogen-bond acceptors (Lipinski definition) is 4. The van der Waals surface area contributed by atoms with Gasteiger partial charge in [-0.3, -0.25) is 10.1 Å². The molecular weight excluding hydrogens is 249 g/mol. The van der Waals surface area contributed by atoms with Crippen LogP contribution in [0.1, 0.15) is 13.3 Å². The fourth-order valence-electron chi connectivity index (χ4n) is 1.35. The van der Waals surface area contributed by atoms with Crippen LogP contribution in [0.4, 0.5) is 15.8 Å². The average molecular weight is 262 g/mol. The van der Waals surface area contributed by atoms with Gasteiger partial charge in [0, 0.05) is 12.6 Å². The second kappa shape index (κ2) is 5.79. The van der Waals surface area contributed by atoms with Crippen LogP contribution in [0.5, 0.6) is 0 Å². The van der Waals surface area contributed by atoms with Crippen LogP contribution in [0.15, 0.2) is 12.1 Å². The summed E-state index contributed by atoms with van der Waals surface area (Å²) in [6.45, 7) is 2.21. The normalized spacial score (nSPS) is 12.2. The first kappa shape index (κ1) is 13.7. The number of hydrogen-bond donors (Lipinski definition) is 2. The molecule has 17 heavy (non-hydrogen) atoms. The quantitative estimate of drug-likeness (QED) is 0.630. The van der Waals surface area contributed by atoms with Crippen molar-refractivity contribution >= 4 is 23.0 Å². The Morgan fingerprint density at radius 2 is 2.29 bits per heavy atom. The van der Waals surface area contributed by atoms with Crippen molar-refractivity contribution in [2.75, 3.05) is 11.9 Å². The molecule has 0 saturated heterocycles. The minimum absolute atomic E-state index is 0.116. The van der Waals surface area contributed by atoms with Crippen molar-refractivity contribution in [2.24, 2.45) is 5.73 Å². The average Bonchev–Trinajstić information content (AvgIpc) is 2.29. The highest BCUT2D eigenvalue weighted by Crippen LogP contribution is 2.30. The molecule has 0 aliphatic rings. The molecule has 0 bridgehead atoms. The molecule has 0 radical (unpaired) electrons. The van der Waals surface area contributed by atoms with Crippen molar-refractivity contribution in [3.63, 3.8) is 0 Å². The Kier molecular flexibility index (Phi) is 4.65. The predicted molar refractivity (Wildman–Crippen MR) is 64.8 cm³/mol. The van der Waals surface area contributed by atoms with Crippen molar-refractivity contribution in [1.82, 2.24) is 0 Å². The molecule has 1 aromatic rings. The van der Waals surface area contributed by atoms with Crippen LogP contribution in [-0.2, 0) is 0 Å². The Balaban J connectivity index is 3.12. The van der Waals surface area contributed by atoms with Crippen molar-refractivity contribution in [2.45, 2.75) is 19.4 Å². The minimum Gasteiger partial charge on any atom is -0.375 e. The number of benzene rings is 1. The van der Waals surface area contributed by atoms with Gasteiger partial charge >= 0.3 is 0 Å². The van der Waals surface area contributed by atoms with E-state index in [1.54, 1.807) is 0 Å². The molecule has 0 aliphatic heterocycles. The van der Waals surface area contributed by atoms with Gasteiger partial charge in [-0.25, -0.2) is 4.39 Å². The first-order valence-electron chi connectivity index (χ1n) is 5.09. The molecular formula is C10H13ClFN3O2. The first-order valence-corrected chi connectivity index (χ1v) is 5.47. The van der Waals surface area contributed by atoms with Gasteiger partial charge in [-0.2, -0.15) is 0 Å². The van der Waals surface area contributed by atoms with Crippen LogP contribution in [0, 0.1) is 15.9 Å². The van der Waals surface area contributed by atoms with Crippen LogP contribution < -0.4 is 11.1 Å². The molecule has 0 saturated carbocycles. The SMILES string of the molecule is CCC(CN)Nc1cc(Cl)c(F)cc1[N+](=O)[O-]. The van der Waals surface area contributed by atoms with E-state index in [1.807, 2.05) is 6.92 Å². The van der Waals surface area contributed by atoms with E-state index in [0.717, 1.165) is 6.07 Å². The van der Waals surface area contributed by atoms with E-state index in [4.69, 9.17) is 17.3 Å². The van der Waals surface area contributed by atoms with E-state index >= 15 is 0 Å². The molecule has 0 fully saturated rings. The van der Waals surface area contributed by atoms with Crippen LogP contribution in [0.3, 0.4) is 0 Å². The number of nitrogens with zero attached hydrogens (tertiary/aromatic N) is 1. The molecule has 0 aromatic heterocycles. The molecule has 94 valence electrons. The summed E-state index contributed by atoms with van der Waals surface area (Å²) >= 11 is 5.59. The fourth-order valence-corrected chi connectivity index (χ4v) is 1.51. The number of nitrogens with one attached hydrogen (secondary N) is 1. The van der Waals surface area contributed by atoms with Gasteiger partial charge in [-0.15, -0.1) is 0 Å². The number of nitro benzene ring substituents is 1. The lowest BCUT2D eigenvalue weighted by Crippen LogP contribution is -2.28. The van der Waals surface area contributed by atoms with Gasteiger partial charge in [-0.1, -0.05) is 18.5 Å². The molecule has 1 atom stereocenters. The van der Waals surface area contributed by atoms with Gasteiger partial charge in [0.05, 0.1) is 16.0 Å². The van der Waals surface area contributed by atoms with Crippen molar-refractivity contribution in [3.05, 3.63) is 33.1 Å². The Morgan fingerprint density at radius 1 is 1.65 bits per heavy atom. The summed E-state index contributed by atoms with van der Waals surface area (Å²) in [6, 6.07) is 1.89. The first-order chi connectivity index (χ1) is 7.99. The van der Waals surface area contributed by atoms with Gasteiger partial charge in [-0.05, 0) is 12.5 Å². The van der Waals surface area contributed by atoms with Gasteiger partial charge < -0.3 is 11.1 Å². The Labute approximate surface area is 103 Å². The van der Waals surface area contributed by atoms with E-state index in [0.29, 0.717) is 13.0 Å². The molecule has 0 amide bonds. The monoisotopic (exact) mass is 261 g/mol. The number of nitrogens with two attached hydrogens (primary N) is 1. The maximum Gasteiger partial charge on any atom is 0.295 e. The topological polar surface area (TPSA) is 81.2 Å². The predicted octanol–water partition coefficient (Wildman–Crippen LogP) is 2.54. The summed E-state index contributed by atoms with van der Waals surface area (Å²) < 4.78 is 13.1. The molecule has 0 heterocycles. The summed E-state index contributed by atoms with van der Waals surface area (Å²) in [4.78, 5) is 10.1. The highest BCUT2D eigenvalue weighted by Gasteiger charge is 2.19. The molecule has 7 heteroatoms. The van der Waals surface area contributed by atoms with E-state index in [-0.39, 0.29) is 22.4 Å². The molecule has 0 spiro atoms. The molecule has 1 unspecified atom stereocenters. The van der Waals surface area contributed by atoms with Crippen LogP contribution >= 0.6 is 11.6 Å². The lowest BCUT2D eigenvalue weighted by Gasteiger charge is -2.16. The molecule has 5 nitrogen and oxygen atoms in total. The summed E-state index contributed by atoms with van der Waals surface area (Å²) in [5, 5.41) is 13.5. The van der Waals surface area contributed by atoms with Gasteiger partial charge in [0.1, 0.15) is 11.5 Å². The number of nitro groups is 1.